The topological polar surface area (TPSA) is 86.7 Å². The fraction of sp³-hybridized carbons (Fsp3) is 0.375. The van der Waals surface area contributed by atoms with Gasteiger partial charge in [-0.2, -0.15) is 0 Å². The summed E-state index contributed by atoms with van der Waals surface area (Å²) in [6.45, 7) is 3.91. The van der Waals surface area contributed by atoms with Gasteiger partial charge in [-0.3, -0.25) is 9.59 Å². The van der Waals surface area contributed by atoms with Gasteiger partial charge >= 0.3 is 23.9 Å². The molecule has 2 aliphatic heterocycles. The Labute approximate surface area is 127 Å². The van der Waals surface area contributed by atoms with E-state index in [0.717, 1.165) is 6.42 Å². The van der Waals surface area contributed by atoms with E-state index < -0.39 is 11.9 Å². The molecule has 3 rings (SSSR count). The van der Waals surface area contributed by atoms with Gasteiger partial charge in [0.1, 0.15) is 0 Å². The summed E-state index contributed by atoms with van der Waals surface area (Å²) in [6.07, 6.45) is 1.58. The Morgan fingerprint density at radius 3 is 1.77 bits per heavy atom. The second-order valence-electron chi connectivity index (χ2n) is 5.59. The molecule has 1 aromatic rings. The van der Waals surface area contributed by atoms with Gasteiger partial charge in [-0.1, -0.05) is 26.0 Å². The maximum atomic E-state index is 10.8. The molecule has 2 heterocycles. The van der Waals surface area contributed by atoms with E-state index in [0.29, 0.717) is 24.0 Å². The van der Waals surface area contributed by atoms with Gasteiger partial charge in [0.15, 0.2) is 0 Å². The van der Waals surface area contributed by atoms with Crippen molar-refractivity contribution in [3.63, 3.8) is 0 Å². The molecule has 1 saturated heterocycles. The van der Waals surface area contributed by atoms with Crippen LogP contribution in [0.3, 0.4) is 0 Å². The monoisotopic (exact) mass is 304 g/mol. The van der Waals surface area contributed by atoms with Crippen molar-refractivity contribution >= 4 is 23.9 Å². The van der Waals surface area contributed by atoms with Gasteiger partial charge < -0.3 is 9.47 Å². The molecule has 1 fully saturated rings. The van der Waals surface area contributed by atoms with E-state index in [4.69, 9.17) is 0 Å². The van der Waals surface area contributed by atoms with Gasteiger partial charge in [0.25, 0.3) is 0 Å². The van der Waals surface area contributed by atoms with E-state index in [2.05, 4.69) is 9.47 Å². The van der Waals surface area contributed by atoms with E-state index in [-0.39, 0.29) is 17.4 Å². The fourth-order valence-corrected chi connectivity index (χ4v) is 2.24. The molecule has 0 atom stereocenters. The number of benzene rings is 1. The van der Waals surface area contributed by atoms with Crippen molar-refractivity contribution in [1.29, 1.82) is 0 Å². The third-order valence-corrected chi connectivity index (χ3v) is 3.78. The number of carbonyl (C=O) groups is 4. The summed E-state index contributed by atoms with van der Waals surface area (Å²) in [5, 5.41) is 0. The summed E-state index contributed by atoms with van der Waals surface area (Å²) in [4.78, 5) is 43.3. The van der Waals surface area contributed by atoms with Crippen LogP contribution in [0.25, 0.3) is 0 Å². The van der Waals surface area contributed by atoms with Crippen LogP contribution in [0.1, 0.15) is 53.8 Å². The fourth-order valence-electron chi connectivity index (χ4n) is 2.24. The van der Waals surface area contributed by atoms with Crippen LogP contribution in [-0.2, 0) is 19.1 Å². The quantitative estimate of drug-likeness (QED) is 0.584. The third kappa shape index (κ3) is 3.39. The molecule has 116 valence electrons. The van der Waals surface area contributed by atoms with Gasteiger partial charge in [0.05, 0.1) is 24.0 Å². The van der Waals surface area contributed by atoms with E-state index in [1.54, 1.807) is 24.3 Å². The number of rotatable bonds is 1. The van der Waals surface area contributed by atoms with Crippen molar-refractivity contribution in [2.24, 2.45) is 5.41 Å². The van der Waals surface area contributed by atoms with Crippen LogP contribution in [0.4, 0.5) is 0 Å². The van der Waals surface area contributed by atoms with E-state index in [1.807, 2.05) is 13.8 Å². The first kappa shape index (κ1) is 15.9. The lowest BCUT2D eigenvalue weighted by Gasteiger charge is -2.29. The summed E-state index contributed by atoms with van der Waals surface area (Å²) in [6, 6.07) is 6.53. The minimum absolute atomic E-state index is 0.160. The van der Waals surface area contributed by atoms with Crippen molar-refractivity contribution in [2.75, 3.05) is 0 Å². The number of ether oxygens (including phenoxy) is 2. The maximum absolute atomic E-state index is 10.8. The highest BCUT2D eigenvalue weighted by Crippen LogP contribution is 2.33. The molecule has 6 heteroatoms. The number of hydrogen-bond acceptors (Lipinski definition) is 6. The summed E-state index contributed by atoms with van der Waals surface area (Å²) < 4.78 is 8.76. The number of carbonyl (C=O) groups excluding carboxylic acids is 4. The number of hydrogen-bond donors (Lipinski definition) is 0. The van der Waals surface area contributed by atoms with Gasteiger partial charge in [-0.15, -0.1) is 0 Å². The molecular weight excluding hydrogens is 288 g/mol. The number of cyclic esters (lactones) is 4. The molecule has 0 unspecified atom stereocenters. The second kappa shape index (κ2) is 6.09. The van der Waals surface area contributed by atoms with Gasteiger partial charge in [0.2, 0.25) is 0 Å². The highest BCUT2D eigenvalue weighted by molar-refractivity contribution is 6.14. The van der Waals surface area contributed by atoms with Crippen LogP contribution in [0.5, 0.6) is 0 Å². The number of esters is 4. The van der Waals surface area contributed by atoms with Crippen LogP contribution in [-0.4, -0.2) is 23.9 Å². The van der Waals surface area contributed by atoms with E-state index >= 15 is 0 Å². The largest absolute Gasteiger partial charge is 0.393 e. The van der Waals surface area contributed by atoms with Crippen molar-refractivity contribution in [3.05, 3.63) is 35.4 Å². The molecule has 0 bridgehead atoms. The first-order valence-corrected chi connectivity index (χ1v) is 6.94. The highest BCUT2D eigenvalue weighted by atomic mass is 16.6. The Balaban J connectivity index is 0.000000160. The zero-order chi connectivity index (χ0) is 16.3. The Hall–Kier alpha value is -2.50. The van der Waals surface area contributed by atoms with Crippen LogP contribution < -0.4 is 0 Å². The standard InChI is InChI=1S/C8H4O3.C8H12O3/c9-7-5-3-1-2-4-6(5)8(10)11-7;1-3-8(2)4-6(9)11-7(10)5-8/h1-4H;3-5H2,1-2H3. The molecule has 0 radical (unpaired) electrons. The van der Waals surface area contributed by atoms with Crippen molar-refractivity contribution in [3.8, 4) is 0 Å². The van der Waals surface area contributed by atoms with Gasteiger partial charge in [0, 0.05) is 0 Å². The molecule has 22 heavy (non-hydrogen) atoms. The lowest BCUT2D eigenvalue weighted by atomic mass is 9.79. The Bertz CT molecular complexity index is 597. The highest BCUT2D eigenvalue weighted by Gasteiger charge is 2.35. The maximum Gasteiger partial charge on any atom is 0.346 e. The van der Waals surface area contributed by atoms with Crippen molar-refractivity contribution in [1.82, 2.24) is 0 Å². The lowest BCUT2D eigenvalue weighted by molar-refractivity contribution is -0.168. The molecule has 0 amide bonds. The summed E-state index contributed by atoms with van der Waals surface area (Å²) in [7, 11) is 0. The predicted molar refractivity (Wildman–Crippen MR) is 74.9 cm³/mol. The van der Waals surface area contributed by atoms with Crippen molar-refractivity contribution < 1.29 is 28.7 Å². The Kier molecular flexibility index (Phi) is 4.40. The first-order chi connectivity index (χ1) is 10.3. The molecule has 0 N–H and O–H groups in total. The van der Waals surface area contributed by atoms with Crippen LogP contribution >= 0.6 is 0 Å². The zero-order valence-electron chi connectivity index (χ0n) is 12.4. The average molecular weight is 304 g/mol. The smallest absolute Gasteiger partial charge is 0.346 e. The van der Waals surface area contributed by atoms with Gasteiger partial charge in [-0.05, 0) is 24.0 Å². The molecule has 0 spiro atoms. The van der Waals surface area contributed by atoms with E-state index in [1.165, 1.54) is 0 Å². The number of fused-ring (bicyclic) bond motifs is 1. The average Bonchev–Trinajstić information content (AvgIpc) is 2.74. The van der Waals surface area contributed by atoms with Crippen LogP contribution in [0.2, 0.25) is 0 Å². The third-order valence-electron chi connectivity index (χ3n) is 3.78. The molecule has 6 nitrogen and oxygen atoms in total. The summed E-state index contributed by atoms with van der Waals surface area (Å²) in [5.41, 5.74) is 0.557. The Morgan fingerprint density at radius 2 is 1.36 bits per heavy atom. The molecule has 0 aliphatic carbocycles. The summed E-state index contributed by atoms with van der Waals surface area (Å²) in [5.74, 6) is -1.87. The predicted octanol–water partition coefficient (Wildman–Crippen LogP) is 2.26. The lowest BCUT2D eigenvalue weighted by Crippen LogP contribution is -2.32. The Morgan fingerprint density at radius 1 is 0.909 bits per heavy atom. The minimum atomic E-state index is -0.550. The first-order valence-electron chi connectivity index (χ1n) is 6.94. The van der Waals surface area contributed by atoms with E-state index in [9.17, 15) is 19.2 Å². The van der Waals surface area contributed by atoms with Gasteiger partial charge in [-0.25, -0.2) is 9.59 Å². The summed E-state index contributed by atoms with van der Waals surface area (Å²) >= 11 is 0. The van der Waals surface area contributed by atoms with Crippen LogP contribution in [0.15, 0.2) is 24.3 Å². The SMILES string of the molecule is CCC1(C)CC(=O)OC(=O)C1.O=C1OC(=O)c2ccccc21. The van der Waals surface area contributed by atoms with Crippen molar-refractivity contribution in [2.45, 2.75) is 33.1 Å². The molecule has 0 aromatic heterocycles. The zero-order valence-corrected chi connectivity index (χ0v) is 12.4. The molecular formula is C16H16O6. The molecule has 2 aliphatic rings. The normalized spacial score (nSPS) is 18.8. The minimum Gasteiger partial charge on any atom is -0.393 e. The molecule has 1 aromatic carbocycles. The molecule has 0 saturated carbocycles. The second-order valence-corrected chi connectivity index (χ2v) is 5.59. The van der Waals surface area contributed by atoms with Crippen LogP contribution in [0, 0.1) is 5.41 Å².